The third-order valence-electron chi connectivity index (χ3n) is 3.88. The van der Waals surface area contributed by atoms with Crippen LogP contribution in [0.1, 0.15) is 46.6 Å². The summed E-state index contributed by atoms with van der Waals surface area (Å²) in [5.74, 6) is 0. The lowest BCUT2D eigenvalue weighted by Gasteiger charge is -2.34. The molecular formula is C20H27N. The van der Waals surface area contributed by atoms with Gasteiger partial charge in [-0.15, -0.1) is 0 Å². The second kappa shape index (κ2) is 5.55. The van der Waals surface area contributed by atoms with E-state index < -0.39 is 0 Å². The molecule has 0 aliphatic carbocycles. The van der Waals surface area contributed by atoms with Gasteiger partial charge in [0.2, 0.25) is 0 Å². The first kappa shape index (κ1) is 15.6. The Balaban J connectivity index is 2.54. The van der Waals surface area contributed by atoms with Crippen molar-refractivity contribution in [1.82, 2.24) is 0 Å². The Kier molecular flexibility index (Phi) is 4.13. The van der Waals surface area contributed by atoms with Gasteiger partial charge in [0.25, 0.3) is 0 Å². The lowest BCUT2D eigenvalue weighted by atomic mass is 9.70. The lowest BCUT2D eigenvalue weighted by Crippen LogP contribution is -2.25. The number of nitrogens with two attached hydrogens (primary N) is 1. The average molecular weight is 281 g/mol. The highest BCUT2D eigenvalue weighted by molar-refractivity contribution is 5.79. The van der Waals surface area contributed by atoms with E-state index in [1.54, 1.807) is 0 Å². The van der Waals surface area contributed by atoms with Gasteiger partial charge < -0.3 is 5.73 Å². The molecule has 0 spiro atoms. The van der Waals surface area contributed by atoms with E-state index in [9.17, 15) is 0 Å². The fourth-order valence-corrected chi connectivity index (χ4v) is 3.47. The van der Waals surface area contributed by atoms with Crippen molar-refractivity contribution >= 4 is 5.69 Å². The van der Waals surface area contributed by atoms with E-state index in [1.807, 2.05) is 12.1 Å². The maximum atomic E-state index is 6.19. The monoisotopic (exact) mass is 281 g/mol. The van der Waals surface area contributed by atoms with Crippen LogP contribution in [0, 0.1) is 5.41 Å². The van der Waals surface area contributed by atoms with Crippen molar-refractivity contribution in [1.29, 1.82) is 0 Å². The Morgan fingerprint density at radius 3 is 1.86 bits per heavy atom. The normalized spacial score (nSPS) is 12.4. The highest BCUT2D eigenvalue weighted by Gasteiger charge is 2.29. The van der Waals surface area contributed by atoms with Crippen molar-refractivity contribution in [2.24, 2.45) is 5.41 Å². The summed E-state index contributed by atoms with van der Waals surface area (Å²) in [6.45, 7) is 11.6. The van der Waals surface area contributed by atoms with Crippen LogP contribution in [0.25, 0.3) is 11.1 Å². The molecule has 0 aliphatic heterocycles. The van der Waals surface area contributed by atoms with Gasteiger partial charge in [-0.2, -0.15) is 0 Å². The molecule has 0 aliphatic rings. The van der Waals surface area contributed by atoms with Crippen LogP contribution >= 0.6 is 0 Å². The first-order chi connectivity index (χ1) is 9.71. The summed E-state index contributed by atoms with van der Waals surface area (Å²) in [7, 11) is 0. The second-order valence-electron chi connectivity index (χ2n) is 7.75. The Morgan fingerprint density at radius 2 is 1.29 bits per heavy atom. The molecule has 1 heteroatoms. The van der Waals surface area contributed by atoms with E-state index in [-0.39, 0.29) is 5.41 Å². The minimum absolute atomic E-state index is 0.108. The summed E-state index contributed by atoms with van der Waals surface area (Å²) >= 11 is 0. The smallest absolute Gasteiger partial charge is 0.0393 e. The van der Waals surface area contributed by atoms with E-state index in [2.05, 4.69) is 71.0 Å². The number of nitrogen functional groups attached to an aromatic ring is 1. The number of rotatable bonds is 3. The van der Waals surface area contributed by atoms with Gasteiger partial charge in [0, 0.05) is 11.3 Å². The summed E-state index contributed by atoms with van der Waals surface area (Å²) in [4.78, 5) is 0. The fraction of sp³-hybridized carbons (Fsp3) is 0.400. The van der Waals surface area contributed by atoms with E-state index in [1.165, 1.54) is 11.1 Å². The maximum Gasteiger partial charge on any atom is 0.0393 e. The molecule has 0 fully saturated rings. The van der Waals surface area contributed by atoms with Crippen LogP contribution in [-0.2, 0) is 5.41 Å². The molecular weight excluding hydrogens is 254 g/mol. The standard InChI is InChI=1S/C20H27N/c1-19(2,3)14-20(4,5)17-12-8-6-10-15(17)16-11-7-9-13-18(16)21/h6-13H,14,21H2,1-5H3. The molecule has 2 rings (SSSR count). The molecule has 2 aromatic carbocycles. The summed E-state index contributed by atoms with van der Waals surface area (Å²) in [6.07, 6.45) is 1.13. The summed E-state index contributed by atoms with van der Waals surface area (Å²) in [5.41, 5.74) is 11.2. The molecule has 0 bridgehead atoms. The number of hydrogen-bond acceptors (Lipinski definition) is 1. The topological polar surface area (TPSA) is 26.0 Å². The predicted octanol–water partition coefficient (Wildman–Crippen LogP) is 5.65. The van der Waals surface area contributed by atoms with E-state index in [4.69, 9.17) is 5.73 Å². The molecule has 2 N–H and O–H groups in total. The van der Waals surface area contributed by atoms with Crippen LogP contribution in [0.5, 0.6) is 0 Å². The molecule has 0 radical (unpaired) electrons. The van der Waals surface area contributed by atoms with Crippen molar-refractivity contribution in [3.05, 3.63) is 54.1 Å². The van der Waals surface area contributed by atoms with Crippen molar-refractivity contribution in [2.75, 3.05) is 5.73 Å². The molecule has 0 saturated carbocycles. The number of para-hydroxylation sites is 1. The molecule has 0 aromatic heterocycles. The average Bonchev–Trinajstić information content (AvgIpc) is 2.36. The van der Waals surface area contributed by atoms with Crippen molar-refractivity contribution in [2.45, 2.75) is 46.5 Å². The van der Waals surface area contributed by atoms with Crippen LogP contribution in [0.2, 0.25) is 0 Å². The van der Waals surface area contributed by atoms with Crippen LogP contribution in [0.15, 0.2) is 48.5 Å². The zero-order valence-corrected chi connectivity index (χ0v) is 13.9. The van der Waals surface area contributed by atoms with Crippen LogP contribution in [0.4, 0.5) is 5.69 Å². The first-order valence-corrected chi connectivity index (χ1v) is 7.65. The molecule has 0 amide bonds. The Labute approximate surface area is 129 Å². The van der Waals surface area contributed by atoms with Gasteiger partial charge in [0.05, 0.1) is 0 Å². The maximum absolute atomic E-state index is 6.19. The molecule has 21 heavy (non-hydrogen) atoms. The van der Waals surface area contributed by atoms with Gasteiger partial charge in [-0.1, -0.05) is 77.1 Å². The number of hydrogen-bond donors (Lipinski definition) is 1. The molecule has 0 unspecified atom stereocenters. The predicted molar refractivity (Wildman–Crippen MR) is 93.4 cm³/mol. The molecule has 0 saturated heterocycles. The highest BCUT2D eigenvalue weighted by atomic mass is 14.6. The minimum Gasteiger partial charge on any atom is -0.398 e. The van der Waals surface area contributed by atoms with Crippen molar-refractivity contribution < 1.29 is 0 Å². The van der Waals surface area contributed by atoms with E-state index >= 15 is 0 Å². The third kappa shape index (κ3) is 3.66. The van der Waals surface area contributed by atoms with Gasteiger partial charge >= 0.3 is 0 Å². The highest BCUT2D eigenvalue weighted by Crippen LogP contribution is 2.41. The SMILES string of the molecule is CC(C)(C)CC(C)(C)c1ccccc1-c1ccccc1N. The van der Waals surface area contributed by atoms with Gasteiger partial charge in [-0.3, -0.25) is 0 Å². The molecule has 0 atom stereocenters. The molecule has 112 valence electrons. The lowest BCUT2D eigenvalue weighted by molar-refractivity contribution is 0.284. The van der Waals surface area contributed by atoms with Crippen LogP contribution in [-0.4, -0.2) is 0 Å². The quantitative estimate of drug-likeness (QED) is 0.723. The van der Waals surface area contributed by atoms with Crippen molar-refractivity contribution in [3.8, 4) is 11.1 Å². The van der Waals surface area contributed by atoms with Crippen LogP contribution in [0.3, 0.4) is 0 Å². The second-order valence-corrected chi connectivity index (χ2v) is 7.75. The molecule has 0 heterocycles. The largest absolute Gasteiger partial charge is 0.398 e. The van der Waals surface area contributed by atoms with E-state index in [0.29, 0.717) is 5.41 Å². The molecule has 2 aromatic rings. The van der Waals surface area contributed by atoms with E-state index in [0.717, 1.165) is 17.7 Å². The van der Waals surface area contributed by atoms with Crippen molar-refractivity contribution in [3.63, 3.8) is 0 Å². The third-order valence-corrected chi connectivity index (χ3v) is 3.88. The Bertz CT molecular complexity index is 618. The van der Waals surface area contributed by atoms with Crippen LogP contribution < -0.4 is 5.73 Å². The number of benzene rings is 2. The first-order valence-electron chi connectivity index (χ1n) is 7.65. The van der Waals surface area contributed by atoms with Gasteiger partial charge in [-0.25, -0.2) is 0 Å². The Hall–Kier alpha value is -1.76. The van der Waals surface area contributed by atoms with Gasteiger partial charge in [-0.05, 0) is 34.4 Å². The van der Waals surface area contributed by atoms with Gasteiger partial charge in [0.1, 0.15) is 0 Å². The summed E-state index contributed by atoms with van der Waals surface area (Å²) in [5, 5.41) is 0. The number of anilines is 1. The zero-order valence-electron chi connectivity index (χ0n) is 13.9. The summed E-state index contributed by atoms with van der Waals surface area (Å²) in [6, 6.07) is 16.8. The molecule has 1 nitrogen and oxygen atoms in total. The Morgan fingerprint density at radius 1 is 0.762 bits per heavy atom. The fourth-order valence-electron chi connectivity index (χ4n) is 3.47. The minimum atomic E-state index is 0.108. The zero-order chi connectivity index (χ0) is 15.7. The summed E-state index contributed by atoms with van der Waals surface area (Å²) < 4.78 is 0. The van der Waals surface area contributed by atoms with Gasteiger partial charge in [0.15, 0.2) is 0 Å².